The minimum atomic E-state index is -1.66. The maximum atomic E-state index is 14.8. The SMILES string of the molecule is CC[C@H]1O[C@@](C#N)(c2ccc3c(N)ncnn23)[C@H](F)[C@@H]1C. The standard InChI is InChI=1S/C14H16FN5O/c1-3-10-8(2)12(15)14(6-16,21-10)11-5-4-9-13(17)18-7-19-20(9)11/h4-5,7-8,10,12H,3H2,1-2H3,(H2,17,18,19)/t8-,10-,12-,14+/m1/s1. The second kappa shape index (κ2) is 4.67. The first kappa shape index (κ1) is 13.8. The maximum absolute atomic E-state index is 14.8. The summed E-state index contributed by atoms with van der Waals surface area (Å²) in [5.74, 6) is -0.0859. The predicted octanol–water partition coefficient (Wildman–Crippen LogP) is 1.81. The molecule has 110 valence electrons. The molecule has 2 aromatic rings. The highest BCUT2D eigenvalue weighted by atomic mass is 19.1. The Labute approximate surface area is 121 Å². The van der Waals surface area contributed by atoms with Gasteiger partial charge in [-0.1, -0.05) is 13.8 Å². The number of nitrogens with zero attached hydrogens (tertiary/aromatic N) is 4. The molecule has 1 aliphatic heterocycles. The summed E-state index contributed by atoms with van der Waals surface area (Å²) in [6.45, 7) is 3.68. The quantitative estimate of drug-likeness (QED) is 0.910. The number of halogens is 1. The number of rotatable bonds is 2. The smallest absolute Gasteiger partial charge is 0.228 e. The molecule has 21 heavy (non-hydrogen) atoms. The van der Waals surface area contributed by atoms with Crippen LogP contribution in [0.1, 0.15) is 26.0 Å². The van der Waals surface area contributed by atoms with E-state index >= 15 is 0 Å². The fraction of sp³-hybridized carbons (Fsp3) is 0.500. The van der Waals surface area contributed by atoms with Gasteiger partial charge in [0.25, 0.3) is 0 Å². The average molecular weight is 289 g/mol. The molecule has 1 aliphatic rings. The first-order valence-electron chi connectivity index (χ1n) is 6.87. The number of anilines is 1. The van der Waals surface area contributed by atoms with Gasteiger partial charge in [0.1, 0.15) is 17.9 Å². The van der Waals surface area contributed by atoms with Crippen LogP contribution in [-0.4, -0.2) is 26.9 Å². The van der Waals surface area contributed by atoms with Gasteiger partial charge >= 0.3 is 0 Å². The number of fused-ring (bicyclic) bond motifs is 1. The number of hydrogen-bond donors (Lipinski definition) is 1. The lowest BCUT2D eigenvalue weighted by Crippen LogP contribution is -2.35. The normalized spacial score (nSPS) is 32.4. The Morgan fingerprint density at radius 1 is 1.57 bits per heavy atom. The van der Waals surface area contributed by atoms with Gasteiger partial charge in [0.2, 0.25) is 5.60 Å². The summed E-state index contributed by atoms with van der Waals surface area (Å²) in [5, 5.41) is 13.7. The van der Waals surface area contributed by atoms with Crippen molar-refractivity contribution in [3.8, 4) is 6.07 Å². The van der Waals surface area contributed by atoms with Crippen LogP contribution < -0.4 is 5.73 Å². The average Bonchev–Trinajstić information content (AvgIpc) is 3.03. The number of aromatic nitrogens is 3. The van der Waals surface area contributed by atoms with Gasteiger partial charge in [0.15, 0.2) is 12.0 Å². The van der Waals surface area contributed by atoms with Crippen molar-refractivity contribution in [2.45, 2.75) is 38.1 Å². The van der Waals surface area contributed by atoms with Crippen LogP contribution in [0.2, 0.25) is 0 Å². The number of ether oxygens (including phenoxy) is 1. The molecule has 0 bridgehead atoms. The number of nitrogens with two attached hydrogens (primary N) is 1. The Bertz CT molecular complexity index is 724. The molecule has 7 heteroatoms. The van der Waals surface area contributed by atoms with Crippen LogP contribution in [0, 0.1) is 17.2 Å². The van der Waals surface area contributed by atoms with Crippen molar-refractivity contribution >= 4 is 11.3 Å². The monoisotopic (exact) mass is 289 g/mol. The fourth-order valence-corrected chi connectivity index (χ4v) is 3.01. The molecule has 2 N–H and O–H groups in total. The number of nitrogen functional groups attached to an aromatic ring is 1. The largest absolute Gasteiger partial charge is 0.382 e. The second-order valence-electron chi connectivity index (χ2n) is 5.33. The molecule has 0 amide bonds. The molecule has 1 saturated heterocycles. The molecule has 0 aromatic carbocycles. The van der Waals surface area contributed by atoms with E-state index in [1.807, 2.05) is 13.0 Å². The maximum Gasteiger partial charge on any atom is 0.228 e. The van der Waals surface area contributed by atoms with Gasteiger partial charge in [-0.05, 0) is 18.6 Å². The van der Waals surface area contributed by atoms with E-state index in [1.165, 1.54) is 10.8 Å². The molecular weight excluding hydrogens is 273 g/mol. The van der Waals surface area contributed by atoms with Crippen molar-refractivity contribution in [2.75, 3.05) is 5.73 Å². The third-order valence-electron chi connectivity index (χ3n) is 4.20. The number of hydrogen-bond acceptors (Lipinski definition) is 5. The highest BCUT2D eigenvalue weighted by Crippen LogP contribution is 2.45. The highest BCUT2D eigenvalue weighted by molar-refractivity contribution is 5.66. The molecule has 0 unspecified atom stereocenters. The third-order valence-corrected chi connectivity index (χ3v) is 4.20. The lowest BCUT2D eigenvalue weighted by molar-refractivity contribution is -0.0333. The summed E-state index contributed by atoms with van der Waals surface area (Å²) in [6, 6.07) is 5.31. The zero-order valence-corrected chi connectivity index (χ0v) is 11.8. The van der Waals surface area contributed by atoms with Crippen molar-refractivity contribution in [3.63, 3.8) is 0 Å². The second-order valence-corrected chi connectivity index (χ2v) is 5.33. The van der Waals surface area contributed by atoms with Crippen molar-refractivity contribution in [1.82, 2.24) is 14.6 Å². The number of nitriles is 1. The molecule has 0 spiro atoms. The molecule has 1 fully saturated rings. The third kappa shape index (κ3) is 1.72. The van der Waals surface area contributed by atoms with Crippen molar-refractivity contribution in [1.29, 1.82) is 5.26 Å². The van der Waals surface area contributed by atoms with Crippen LogP contribution in [0.3, 0.4) is 0 Å². The van der Waals surface area contributed by atoms with Crippen molar-refractivity contribution in [2.24, 2.45) is 5.92 Å². The number of alkyl halides is 1. The Balaban J connectivity index is 2.20. The van der Waals surface area contributed by atoms with Crippen LogP contribution >= 0.6 is 0 Å². The van der Waals surface area contributed by atoms with Gasteiger partial charge < -0.3 is 10.5 Å². The van der Waals surface area contributed by atoms with E-state index in [2.05, 4.69) is 10.1 Å². The topological polar surface area (TPSA) is 89.2 Å². The van der Waals surface area contributed by atoms with Crippen molar-refractivity contribution < 1.29 is 9.13 Å². The predicted molar refractivity (Wildman–Crippen MR) is 73.9 cm³/mol. The summed E-state index contributed by atoms with van der Waals surface area (Å²) in [6.07, 6.45) is 0.191. The Morgan fingerprint density at radius 2 is 2.33 bits per heavy atom. The van der Waals surface area contributed by atoms with E-state index in [-0.39, 0.29) is 17.8 Å². The van der Waals surface area contributed by atoms with Crippen LogP contribution in [-0.2, 0) is 10.3 Å². The minimum absolute atomic E-state index is 0.276. The molecule has 0 aliphatic carbocycles. The van der Waals surface area contributed by atoms with Gasteiger partial charge in [0, 0.05) is 5.92 Å². The molecular formula is C14H16FN5O. The highest BCUT2D eigenvalue weighted by Gasteiger charge is 2.56. The van der Waals surface area contributed by atoms with E-state index < -0.39 is 11.8 Å². The molecule has 0 saturated carbocycles. The Kier molecular flexibility index (Phi) is 3.06. The summed E-state index contributed by atoms with van der Waals surface area (Å²) in [5.41, 5.74) is 5.00. The van der Waals surface area contributed by atoms with E-state index in [0.29, 0.717) is 17.6 Å². The summed E-state index contributed by atoms with van der Waals surface area (Å²) in [7, 11) is 0. The lowest BCUT2D eigenvalue weighted by Gasteiger charge is -2.23. The van der Waals surface area contributed by atoms with Crippen LogP contribution in [0.25, 0.3) is 5.52 Å². The summed E-state index contributed by atoms with van der Waals surface area (Å²) in [4.78, 5) is 3.89. The first-order chi connectivity index (χ1) is 10.0. The minimum Gasteiger partial charge on any atom is -0.382 e. The zero-order chi connectivity index (χ0) is 15.2. The molecule has 6 nitrogen and oxygen atoms in total. The zero-order valence-electron chi connectivity index (χ0n) is 11.8. The van der Waals surface area contributed by atoms with Gasteiger partial charge in [0.05, 0.1) is 11.8 Å². The summed E-state index contributed by atoms with van der Waals surface area (Å²) >= 11 is 0. The molecule has 3 rings (SSSR count). The van der Waals surface area contributed by atoms with Gasteiger partial charge in [-0.15, -0.1) is 0 Å². The van der Waals surface area contributed by atoms with E-state index in [4.69, 9.17) is 10.5 Å². The Hall–Kier alpha value is -2.20. The lowest BCUT2D eigenvalue weighted by atomic mass is 9.89. The van der Waals surface area contributed by atoms with Crippen LogP contribution in [0.4, 0.5) is 10.2 Å². The van der Waals surface area contributed by atoms with E-state index in [0.717, 1.165) is 0 Å². The first-order valence-corrected chi connectivity index (χ1v) is 6.87. The molecule has 2 aromatic heterocycles. The van der Waals surface area contributed by atoms with E-state index in [9.17, 15) is 9.65 Å². The van der Waals surface area contributed by atoms with Crippen LogP contribution in [0.15, 0.2) is 18.5 Å². The van der Waals surface area contributed by atoms with E-state index in [1.54, 1.807) is 19.1 Å². The molecule has 3 heterocycles. The fourth-order valence-electron chi connectivity index (χ4n) is 3.01. The Morgan fingerprint density at radius 3 is 2.95 bits per heavy atom. The van der Waals surface area contributed by atoms with Gasteiger partial charge in [-0.3, -0.25) is 0 Å². The van der Waals surface area contributed by atoms with Crippen molar-refractivity contribution in [3.05, 3.63) is 24.2 Å². The van der Waals surface area contributed by atoms with Gasteiger partial charge in [-0.25, -0.2) is 13.9 Å². The van der Waals surface area contributed by atoms with Gasteiger partial charge in [-0.2, -0.15) is 10.4 Å². The summed E-state index contributed by atoms with van der Waals surface area (Å²) < 4.78 is 22.1. The van der Waals surface area contributed by atoms with Crippen LogP contribution in [0.5, 0.6) is 0 Å². The molecule has 0 radical (unpaired) electrons. The molecule has 4 atom stereocenters.